The Morgan fingerprint density at radius 2 is 2.44 bits per heavy atom. The summed E-state index contributed by atoms with van der Waals surface area (Å²) < 4.78 is 1.52. The number of aryl methyl sites for hydroxylation is 1. The molecule has 1 aliphatic heterocycles. The molecule has 1 atom stereocenters. The van der Waals surface area contributed by atoms with Crippen LogP contribution in [-0.4, -0.2) is 46.3 Å². The van der Waals surface area contributed by atoms with Crippen molar-refractivity contribution in [1.29, 1.82) is 0 Å². The molecule has 7 heteroatoms. The van der Waals surface area contributed by atoms with E-state index in [0.29, 0.717) is 26.2 Å². The summed E-state index contributed by atoms with van der Waals surface area (Å²) >= 11 is 0. The second kappa shape index (κ2) is 5.18. The molecule has 0 radical (unpaired) electrons. The second-order valence-electron chi connectivity index (χ2n) is 4.09. The summed E-state index contributed by atoms with van der Waals surface area (Å²) in [6.45, 7) is 3.83. The number of carboxylic acids is 1. The molecule has 1 fully saturated rings. The van der Waals surface area contributed by atoms with Crippen LogP contribution >= 0.6 is 0 Å². The smallest absolute Gasteiger partial charge is 0.327 e. The van der Waals surface area contributed by atoms with Gasteiger partial charge in [-0.1, -0.05) is 0 Å². The first-order chi connectivity index (χ1) is 8.65. The van der Waals surface area contributed by atoms with Crippen molar-refractivity contribution in [3.63, 3.8) is 0 Å². The largest absolute Gasteiger partial charge is 0.480 e. The molecule has 0 saturated carbocycles. The van der Waals surface area contributed by atoms with Crippen LogP contribution in [0.15, 0.2) is 17.2 Å². The molecular weight excluding hydrogens is 236 g/mol. The molecule has 0 bridgehead atoms. The third-order valence-electron chi connectivity index (χ3n) is 3.04. The first kappa shape index (κ1) is 12.6. The highest BCUT2D eigenvalue weighted by atomic mass is 16.4. The topological polar surface area (TPSA) is 87.5 Å². The van der Waals surface area contributed by atoms with E-state index in [9.17, 15) is 9.59 Å². The van der Waals surface area contributed by atoms with Gasteiger partial charge in [0.2, 0.25) is 0 Å². The second-order valence-corrected chi connectivity index (χ2v) is 4.09. The Labute approximate surface area is 104 Å². The van der Waals surface area contributed by atoms with Gasteiger partial charge in [-0.25, -0.2) is 9.78 Å². The summed E-state index contributed by atoms with van der Waals surface area (Å²) in [5.41, 5.74) is -0.242. The molecule has 1 aliphatic rings. The number of aliphatic carboxylic acids is 1. The fourth-order valence-corrected chi connectivity index (χ4v) is 2.06. The summed E-state index contributed by atoms with van der Waals surface area (Å²) in [4.78, 5) is 28.9. The van der Waals surface area contributed by atoms with Crippen molar-refractivity contribution < 1.29 is 9.90 Å². The van der Waals surface area contributed by atoms with Crippen molar-refractivity contribution in [1.82, 2.24) is 14.9 Å². The summed E-state index contributed by atoms with van der Waals surface area (Å²) in [6.07, 6.45) is 3.13. The third-order valence-corrected chi connectivity index (χ3v) is 3.04. The maximum absolute atomic E-state index is 12.1. The Morgan fingerprint density at radius 3 is 3.11 bits per heavy atom. The van der Waals surface area contributed by atoms with Crippen LogP contribution in [-0.2, 0) is 11.3 Å². The lowest BCUT2D eigenvalue weighted by Crippen LogP contribution is -2.56. The van der Waals surface area contributed by atoms with Gasteiger partial charge in [-0.15, -0.1) is 0 Å². The lowest BCUT2D eigenvalue weighted by molar-refractivity contribution is -0.138. The van der Waals surface area contributed by atoms with E-state index in [1.54, 1.807) is 11.1 Å². The van der Waals surface area contributed by atoms with Crippen molar-refractivity contribution in [3.8, 4) is 0 Å². The Hall–Kier alpha value is -1.89. The molecular formula is C11H16N4O3. The molecule has 7 nitrogen and oxygen atoms in total. The minimum Gasteiger partial charge on any atom is -0.480 e. The number of hydrogen-bond donors (Lipinski definition) is 2. The molecule has 0 aliphatic carbocycles. The van der Waals surface area contributed by atoms with Crippen LogP contribution in [0.5, 0.6) is 0 Å². The van der Waals surface area contributed by atoms with Gasteiger partial charge in [-0.3, -0.25) is 4.79 Å². The first-order valence-electron chi connectivity index (χ1n) is 5.90. The van der Waals surface area contributed by atoms with Crippen molar-refractivity contribution in [2.24, 2.45) is 0 Å². The fourth-order valence-electron chi connectivity index (χ4n) is 2.06. The molecule has 2 N–H and O–H groups in total. The average molecular weight is 252 g/mol. The van der Waals surface area contributed by atoms with Gasteiger partial charge in [0, 0.05) is 38.6 Å². The Bertz CT molecular complexity index is 499. The van der Waals surface area contributed by atoms with E-state index >= 15 is 0 Å². The number of hydrogen-bond acceptors (Lipinski definition) is 5. The molecule has 0 aromatic carbocycles. The summed E-state index contributed by atoms with van der Waals surface area (Å²) in [5, 5.41) is 12.2. The van der Waals surface area contributed by atoms with Crippen LogP contribution in [0.1, 0.15) is 6.92 Å². The number of rotatable bonds is 3. The molecule has 1 aromatic rings. The number of carbonyl (C=O) groups is 1. The molecule has 2 rings (SSSR count). The molecule has 0 amide bonds. The van der Waals surface area contributed by atoms with Crippen LogP contribution in [0, 0.1) is 0 Å². The maximum Gasteiger partial charge on any atom is 0.327 e. The van der Waals surface area contributed by atoms with E-state index in [1.807, 2.05) is 6.92 Å². The van der Waals surface area contributed by atoms with Gasteiger partial charge >= 0.3 is 5.97 Å². The lowest BCUT2D eigenvalue weighted by Gasteiger charge is -2.33. The van der Waals surface area contributed by atoms with Crippen molar-refractivity contribution in [3.05, 3.63) is 22.7 Å². The fraction of sp³-hybridized carbons (Fsp3) is 0.545. The SMILES string of the molecule is CCn1ccnc(N2CCNCC2C(=O)O)c1=O. The van der Waals surface area contributed by atoms with E-state index < -0.39 is 12.0 Å². The molecule has 0 spiro atoms. The maximum atomic E-state index is 12.1. The first-order valence-corrected chi connectivity index (χ1v) is 5.90. The summed E-state index contributed by atoms with van der Waals surface area (Å²) in [5.74, 6) is -0.733. The minimum absolute atomic E-state index is 0.216. The van der Waals surface area contributed by atoms with E-state index in [4.69, 9.17) is 5.11 Å². The summed E-state index contributed by atoms with van der Waals surface area (Å²) in [6, 6.07) is -0.744. The third kappa shape index (κ3) is 2.21. The number of nitrogens with zero attached hydrogens (tertiary/aromatic N) is 3. The standard InChI is InChI=1S/C11H16N4O3/c1-2-14-5-4-13-9(10(14)16)15-6-3-12-7-8(15)11(17)18/h4-5,8,12H,2-3,6-7H2,1H3,(H,17,18). The summed E-state index contributed by atoms with van der Waals surface area (Å²) in [7, 11) is 0. The Morgan fingerprint density at radius 1 is 1.67 bits per heavy atom. The van der Waals surface area contributed by atoms with Gasteiger partial charge < -0.3 is 19.9 Å². The number of piperazine rings is 1. The molecule has 2 heterocycles. The van der Waals surface area contributed by atoms with E-state index in [2.05, 4.69) is 10.3 Å². The zero-order valence-electron chi connectivity index (χ0n) is 10.2. The zero-order valence-corrected chi connectivity index (χ0v) is 10.2. The lowest BCUT2D eigenvalue weighted by atomic mass is 10.2. The monoisotopic (exact) mass is 252 g/mol. The van der Waals surface area contributed by atoms with Crippen LogP contribution in [0.4, 0.5) is 5.82 Å². The predicted octanol–water partition coefficient (Wildman–Crippen LogP) is -0.874. The van der Waals surface area contributed by atoms with Gasteiger partial charge in [-0.2, -0.15) is 0 Å². The Kier molecular flexibility index (Phi) is 3.61. The van der Waals surface area contributed by atoms with Crippen LogP contribution in [0.2, 0.25) is 0 Å². The van der Waals surface area contributed by atoms with Crippen LogP contribution < -0.4 is 15.8 Å². The van der Waals surface area contributed by atoms with Gasteiger partial charge in [0.15, 0.2) is 5.82 Å². The minimum atomic E-state index is -0.949. The molecule has 1 aromatic heterocycles. The van der Waals surface area contributed by atoms with Gasteiger partial charge in [0.25, 0.3) is 5.56 Å². The number of carboxylic acid groups (broad SMARTS) is 1. The van der Waals surface area contributed by atoms with Gasteiger partial charge in [0.05, 0.1) is 0 Å². The highest BCUT2D eigenvalue weighted by Crippen LogP contribution is 2.11. The molecule has 1 saturated heterocycles. The van der Waals surface area contributed by atoms with Crippen molar-refractivity contribution in [2.75, 3.05) is 24.5 Å². The van der Waals surface area contributed by atoms with E-state index in [1.165, 1.54) is 10.8 Å². The number of aromatic nitrogens is 2. The number of nitrogens with one attached hydrogen (secondary N) is 1. The van der Waals surface area contributed by atoms with Crippen LogP contribution in [0.3, 0.4) is 0 Å². The molecule has 18 heavy (non-hydrogen) atoms. The highest BCUT2D eigenvalue weighted by Gasteiger charge is 2.30. The van der Waals surface area contributed by atoms with Crippen LogP contribution in [0.25, 0.3) is 0 Å². The predicted molar refractivity (Wildman–Crippen MR) is 65.8 cm³/mol. The average Bonchev–Trinajstić information content (AvgIpc) is 2.39. The molecule has 98 valence electrons. The Balaban J connectivity index is 2.40. The normalized spacial score (nSPS) is 19.8. The zero-order chi connectivity index (χ0) is 13.1. The van der Waals surface area contributed by atoms with Crippen molar-refractivity contribution in [2.45, 2.75) is 19.5 Å². The van der Waals surface area contributed by atoms with E-state index in [0.717, 1.165) is 0 Å². The number of anilines is 1. The van der Waals surface area contributed by atoms with E-state index in [-0.39, 0.29) is 11.4 Å². The van der Waals surface area contributed by atoms with Gasteiger partial charge in [0.1, 0.15) is 6.04 Å². The van der Waals surface area contributed by atoms with Crippen molar-refractivity contribution >= 4 is 11.8 Å². The quantitative estimate of drug-likeness (QED) is 0.727. The molecule has 1 unspecified atom stereocenters. The van der Waals surface area contributed by atoms with Gasteiger partial charge in [-0.05, 0) is 6.92 Å². The highest BCUT2D eigenvalue weighted by molar-refractivity contribution is 5.78.